The Bertz CT molecular complexity index is 435. The summed E-state index contributed by atoms with van der Waals surface area (Å²) < 4.78 is 0. The number of carbonyl (C=O) groups is 1. The summed E-state index contributed by atoms with van der Waals surface area (Å²) in [7, 11) is 1.83. The van der Waals surface area contributed by atoms with Crippen molar-refractivity contribution in [3.05, 3.63) is 34.9 Å². The van der Waals surface area contributed by atoms with Crippen LogP contribution in [0, 0.1) is 0 Å². The Morgan fingerprint density at radius 3 is 2.89 bits per heavy atom. The van der Waals surface area contributed by atoms with Crippen molar-refractivity contribution in [2.45, 2.75) is 19.0 Å². The molecule has 1 fully saturated rings. The molecule has 0 aromatic heterocycles. The molecule has 98 valence electrons. The van der Waals surface area contributed by atoms with Gasteiger partial charge in [0.1, 0.15) is 0 Å². The van der Waals surface area contributed by atoms with Gasteiger partial charge in [-0.05, 0) is 18.6 Å². The fourth-order valence-electron chi connectivity index (χ4n) is 2.01. The molecule has 0 aliphatic carbocycles. The number of benzene rings is 1. The van der Waals surface area contributed by atoms with Crippen molar-refractivity contribution in [3.8, 4) is 0 Å². The molecule has 1 aromatic carbocycles. The zero-order valence-corrected chi connectivity index (χ0v) is 12.1. The van der Waals surface area contributed by atoms with Crippen LogP contribution >= 0.6 is 23.4 Å². The molecule has 0 radical (unpaired) electrons. The molecular formula is C13H17ClN2OS. The number of nitrogens with one attached hydrogen (secondary N) is 1. The van der Waals surface area contributed by atoms with E-state index in [0.717, 1.165) is 17.2 Å². The molecule has 1 heterocycles. The van der Waals surface area contributed by atoms with Crippen LogP contribution in [0.3, 0.4) is 0 Å². The van der Waals surface area contributed by atoms with Crippen LogP contribution in [0.4, 0.5) is 0 Å². The number of amides is 1. The fourth-order valence-corrected chi connectivity index (χ4v) is 3.24. The lowest BCUT2D eigenvalue weighted by molar-refractivity contribution is -0.133. The summed E-state index contributed by atoms with van der Waals surface area (Å²) in [6.45, 7) is 2.00. The predicted octanol–water partition coefficient (Wildman–Crippen LogP) is 2.52. The van der Waals surface area contributed by atoms with Gasteiger partial charge in [-0.2, -0.15) is 0 Å². The number of likely N-dealkylation sites (N-methyl/N-ethyl adjacent to an activating group) is 1. The van der Waals surface area contributed by atoms with Gasteiger partial charge in [-0.15, -0.1) is 11.8 Å². The van der Waals surface area contributed by atoms with Gasteiger partial charge < -0.3 is 4.90 Å². The minimum absolute atomic E-state index is 0.0152. The molecule has 0 saturated carbocycles. The summed E-state index contributed by atoms with van der Waals surface area (Å²) in [5.41, 5.74) is 0.987. The molecule has 1 aromatic rings. The second kappa shape index (κ2) is 5.95. The number of hydrogen-bond donors (Lipinski definition) is 1. The third kappa shape index (κ3) is 2.82. The van der Waals surface area contributed by atoms with E-state index in [4.69, 9.17) is 11.6 Å². The quantitative estimate of drug-likeness (QED) is 0.926. The molecular weight excluding hydrogens is 268 g/mol. The van der Waals surface area contributed by atoms with Gasteiger partial charge in [-0.3, -0.25) is 10.1 Å². The fraction of sp³-hybridized carbons (Fsp3) is 0.462. The van der Waals surface area contributed by atoms with Crippen LogP contribution in [-0.4, -0.2) is 35.5 Å². The van der Waals surface area contributed by atoms with Gasteiger partial charge in [0, 0.05) is 23.7 Å². The Balaban J connectivity index is 2.10. The Labute approximate surface area is 117 Å². The van der Waals surface area contributed by atoms with E-state index in [9.17, 15) is 4.79 Å². The topological polar surface area (TPSA) is 32.3 Å². The van der Waals surface area contributed by atoms with Crippen LogP contribution in [-0.2, 0) is 4.79 Å². The summed E-state index contributed by atoms with van der Waals surface area (Å²) in [6.07, 6.45) is 0. The average molecular weight is 285 g/mol. The molecule has 2 rings (SSSR count). The minimum atomic E-state index is -0.0649. The number of carbonyl (C=O) groups excluding carboxylic acids is 1. The largest absolute Gasteiger partial charge is 0.338 e. The van der Waals surface area contributed by atoms with Gasteiger partial charge in [0.05, 0.1) is 12.1 Å². The molecule has 1 aliphatic rings. The van der Waals surface area contributed by atoms with Crippen molar-refractivity contribution in [1.82, 2.24) is 10.2 Å². The van der Waals surface area contributed by atoms with Crippen LogP contribution in [0.15, 0.2) is 24.3 Å². The number of nitrogens with zero attached hydrogens (tertiary/aromatic N) is 1. The van der Waals surface area contributed by atoms with E-state index in [2.05, 4.69) is 5.32 Å². The van der Waals surface area contributed by atoms with Crippen molar-refractivity contribution in [3.63, 3.8) is 0 Å². The summed E-state index contributed by atoms with van der Waals surface area (Å²) in [5.74, 6) is 1.83. The van der Waals surface area contributed by atoms with E-state index in [-0.39, 0.29) is 18.0 Å². The van der Waals surface area contributed by atoms with Gasteiger partial charge >= 0.3 is 0 Å². The average Bonchev–Trinajstić information content (AvgIpc) is 2.90. The van der Waals surface area contributed by atoms with Crippen molar-refractivity contribution >= 4 is 29.3 Å². The first-order chi connectivity index (χ1) is 8.61. The van der Waals surface area contributed by atoms with E-state index >= 15 is 0 Å². The molecule has 2 unspecified atom stereocenters. The van der Waals surface area contributed by atoms with Crippen LogP contribution in [0.25, 0.3) is 0 Å². The van der Waals surface area contributed by atoms with Crippen LogP contribution in [0.5, 0.6) is 0 Å². The maximum Gasteiger partial charge on any atom is 0.240 e. The van der Waals surface area contributed by atoms with E-state index in [1.165, 1.54) is 0 Å². The Kier molecular flexibility index (Phi) is 4.54. The SMILES string of the molecule is CC(c1ccccc1Cl)N(C)C(=O)C1CSCN1. The van der Waals surface area contributed by atoms with Crippen molar-refractivity contribution in [2.24, 2.45) is 0 Å². The monoisotopic (exact) mass is 284 g/mol. The molecule has 0 spiro atoms. The van der Waals surface area contributed by atoms with Gasteiger partial charge in [-0.25, -0.2) is 0 Å². The Hall–Kier alpha value is -0.710. The molecule has 1 amide bonds. The molecule has 5 heteroatoms. The first-order valence-electron chi connectivity index (χ1n) is 5.93. The van der Waals surface area contributed by atoms with Crippen molar-refractivity contribution in [2.75, 3.05) is 18.7 Å². The lowest BCUT2D eigenvalue weighted by Gasteiger charge is -2.28. The number of halogens is 1. The van der Waals surface area contributed by atoms with Gasteiger partial charge in [0.2, 0.25) is 5.91 Å². The molecule has 1 aliphatic heterocycles. The molecule has 1 saturated heterocycles. The normalized spacial score (nSPS) is 20.7. The molecule has 2 atom stereocenters. The smallest absolute Gasteiger partial charge is 0.240 e. The summed E-state index contributed by atoms with van der Waals surface area (Å²) in [4.78, 5) is 14.0. The highest BCUT2D eigenvalue weighted by Gasteiger charge is 2.28. The van der Waals surface area contributed by atoms with Crippen molar-refractivity contribution in [1.29, 1.82) is 0 Å². The van der Waals surface area contributed by atoms with Crippen LogP contribution < -0.4 is 5.32 Å². The number of thioether (sulfide) groups is 1. The number of hydrogen-bond acceptors (Lipinski definition) is 3. The van der Waals surface area contributed by atoms with Gasteiger partial charge in [0.25, 0.3) is 0 Å². The molecule has 18 heavy (non-hydrogen) atoms. The molecule has 3 nitrogen and oxygen atoms in total. The minimum Gasteiger partial charge on any atom is -0.338 e. The predicted molar refractivity (Wildman–Crippen MR) is 76.9 cm³/mol. The third-order valence-electron chi connectivity index (χ3n) is 3.30. The van der Waals surface area contributed by atoms with E-state index in [0.29, 0.717) is 5.02 Å². The maximum absolute atomic E-state index is 12.3. The van der Waals surface area contributed by atoms with Crippen molar-refractivity contribution < 1.29 is 4.79 Å². The molecule has 1 N–H and O–H groups in total. The highest BCUT2D eigenvalue weighted by molar-refractivity contribution is 7.99. The second-order valence-corrected chi connectivity index (χ2v) is 5.86. The standard InChI is InChI=1S/C13H17ClN2OS/c1-9(10-5-3-4-6-11(10)14)16(2)13(17)12-7-18-8-15-12/h3-6,9,12,15H,7-8H2,1-2H3. The van der Waals surface area contributed by atoms with Crippen LogP contribution in [0.1, 0.15) is 18.5 Å². The highest BCUT2D eigenvalue weighted by atomic mass is 35.5. The first kappa shape index (κ1) is 13.7. The van der Waals surface area contributed by atoms with E-state index < -0.39 is 0 Å². The van der Waals surface area contributed by atoms with E-state index in [1.807, 2.05) is 38.2 Å². The summed E-state index contributed by atoms with van der Waals surface area (Å²) >= 11 is 7.92. The highest BCUT2D eigenvalue weighted by Crippen LogP contribution is 2.27. The zero-order valence-electron chi connectivity index (χ0n) is 10.5. The maximum atomic E-state index is 12.3. The lowest BCUT2D eigenvalue weighted by atomic mass is 10.1. The molecule has 0 bridgehead atoms. The van der Waals surface area contributed by atoms with E-state index in [1.54, 1.807) is 16.7 Å². The van der Waals surface area contributed by atoms with Gasteiger partial charge in [0.15, 0.2) is 0 Å². The lowest BCUT2D eigenvalue weighted by Crippen LogP contribution is -2.44. The summed E-state index contributed by atoms with van der Waals surface area (Å²) in [5, 5.41) is 3.90. The van der Waals surface area contributed by atoms with Gasteiger partial charge in [-0.1, -0.05) is 29.8 Å². The zero-order chi connectivity index (χ0) is 13.1. The number of rotatable bonds is 3. The van der Waals surface area contributed by atoms with Crippen LogP contribution in [0.2, 0.25) is 5.02 Å². The Morgan fingerprint density at radius 1 is 1.56 bits per heavy atom. The summed E-state index contributed by atoms with van der Waals surface area (Å²) in [6, 6.07) is 7.58. The first-order valence-corrected chi connectivity index (χ1v) is 7.46. The Morgan fingerprint density at radius 2 is 2.28 bits per heavy atom. The third-order valence-corrected chi connectivity index (χ3v) is 4.58. The second-order valence-electron chi connectivity index (χ2n) is 4.42.